The average Bonchev–Trinajstić information content (AvgIpc) is 2.74. The number of rotatable bonds is 1. The lowest BCUT2D eigenvalue weighted by Crippen LogP contribution is -1.85. The number of halogens is 1. The highest BCUT2D eigenvalue weighted by molar-refractivity contribution is 9.10. The zero-order valence-corrected chi connectivity index (χ0v) is 10.8. The van der Waals surface area contributed by atoms with Gasteiger partial charge in [0.05, 0.1) is 10.0 Å². The Balaban J connectivity index is 2.23. The predicted octanol–water partition coefficient (Wildman–Crippen LogP) is 3.55. The highest BCUT2D eigenvalue weighted by Crippen LogP contribution is 2.34. The second kappa shape index (κ2) is 4.03. The molecule has 0 saturated carbocycles. The molecule has 90 valence electrons. The number of fused-ring (bicyclic) bond motifs is 1. The van der Waals surface area contributed by atoms with Crippen LogP contribution in [0, 0.1) is 0 Å². The van der Waals surface area contributed by atoms with E-state index in [1.54, 1.807) is 12.1 Å². The number of nitrogens with zero attached hydrogens (tertiary/aromatic N) is 1. The first-order valence-electron chi connectivity index (χ1n) is 5.29. The smallest absolute Gasteiger partial charge is 0.231 e. The van der Waals surface area contributed by atoms with E-state index < -0.39 is 0 Å². The van der Waals surface area contributed by atoms with Crippen molar-refractivity contribution in [1.29, 1.82) is 0 Å². The van der Waals surface area contributed by atoms with Gasteiger partial charge in [-0.25, -0.2) is 4.98 Å². The summed E-state index contributed by atoms with van der Waals surface area (Å²) >= 11 is 3.40. The van der Waals surface area contributed by atoms with Gasteiger partial charge in [0.1, 0.15) is 11.3 Å². The molecule has 1 heterocycles. The molecule has 0 unspecified atom stereocenters. The molecule has 0 aliphatic rings. The average molecular weight is 305 g/mol. The summed E-state index contributed by atoms with van der Waals surface area (Å²) in [7, 11) is 0. The fraction of sp³-hybridized carbons (Fsp3) is 0. The van der Waals surface area contributed by atoms with Crippen LogP contribution in [0.4, 0.5) is 5.69 Å². The molecule has 0 spiro atoms. The first kappa shape index (κ1) is 11.1. The number of aromatic nitrogens is 1. The molecule has 5 heteroatoms. The second-order valence-electron chi connectivity index (χ2n) is 3.88. The van der Waals surface area contributed by atoms with E-state index in [4.69, 9.17) is 10.2 Å². The van der Waals surface area contributed by atoms with E-state index in [1.165, 1.54) is 6.07 Å². The number of para-hydroxylation sites is 1. The summed E-state index contributed by atoms with van der Waals surface area (Å²) in [5.41, 5.74) is 7.99. The molecular formula is C13H9BrN2O2. The van der Waals surface area contributed by atoms with Gasteiger partial charge >= 0.3 is 0 Å². The Morgan fingerprint density at radius 2 is 2.06 bits per heavy atom. The van der Waals surface area contributed by atoms with Crippen molar-refractivity contribution in [2.75, 3.05) is 5.73 Å². The number of phenolic OH excluding ortho intramolecular Hbond substituents is 1. The lowest BCUT2D eigenvalue weighted by Gasteiger charge is -2.00. The van der Waals surface area contributed by atoms with Crippen molar-refractivity contribution in [3.05, 3.63) is 40.9 Å². The number of hydrogen-bond acceptors (Lipinski definition) is 4. The lowest BCUT2D eigenvalue weighted by molar-refractivity contribution is 0.474. The molecule has 4 nitrogen and oxygen atoms in total. The van der Waals surface area contributed by atoms with Crippen molar-refractivity contribution < 1.29 is 9.52 Å². The minimum Gasteiger partial charge on any atom is -0.507 e. The lowest BCUT2D eigenvalue weighted by atomic mass is 10.2. The maximum Gasteiger partial charge on any atom is 0.231 e. The van der Waals surface area contributed by atoms with Crippen molar-refractivity contribution in [2.45, 2.75) is 0 Å². The molecule has 0 aliphatic heterocycles. The molecule has 0 saturated heterocycles. The SMILES string of the molecule is Nc1ccc(-c2nc3cccc(Br)c3o2)c(O)c1. The van der Waals surface area contributed by atoms with Crippen molar-refractivity contribution in [2.24, 2.45) is 0 Å². The normalized spacial score (nSPS) is 10.9. The fourth-order valence-electron chi connectivity index (χ4n) is 1.76. The van der Waals surface area contributed by atoms with E-state index in [0.29, 0.717) is 22.7 Å². The molecule has 3 N–H and O–H groups in total. The van der Waals surface area contributed by atoms with Gasteiger partial charge in [-0.3, -0.25) is 0 Å². The molecule has 2 aromatic carbocycles. The molecule has 0 radical (unpaired) electrons. The number of nitrogens with two attached hydrogens (primary N) is 1. The van der Waals surface area contributed by atoms with Gasteiger partial charge in [-0.15, -0.1) is 0 Å². The molecule has 0 bridgehead atoms. The van der Waals surface area contributed by atoms with Gasteiger partial charge < -0.3 is 15.3 Å². The maximum absolute atomic E-state index is 9.85. The van der Waals surface area contributed by atoms with Gasteiger partial charge in [0.2, 0.25) is 5.89 Å². The van der Waals surface area contributed by atoms with Crippen LogP contribution < -0.4 is 5.73 Å². The Hall–Kier alpha value is -2.01. The van der Waals surface area contributed by atoms with Crippen LogP contribution >= 0.6 is 15.9 Å². The molecule has 0 aliphatic carbocycles. The van der Waals surface area contributed by atoms with Gasteiger partial charge in [-0.2, -0.15) is 0 Å². The van der Waals surface area contributed by atoms with Crippen LogP contribution in [0.5, 0.6) is 5.75 Å². The Labute approximate surface area is 111 Å². The monoisotopic (exact) mass is 304 g/mol. The minimum absolute atomic E-state index is 0.0534. The first-order chi connectivity index (χ1) is 8.65. The van der Waals surface area contributed by atoms with Crippen molar-refractivity contribution in [3.63, 3.8) is 0 Å². The van der Waals surface area contributed by atoms with Gasteiger partial charge in [0.15, 0.2) is 5.58 Å². The van der Waals surface area contributed by atoms with Crippen LogP contribution in [0.25, 0.3) is 22.6 Å². The number of oxazole rings is 1. The van der Waals surface area contributed by atoms with Crippen molar-refractivity contribution in [1.82, 2.24) is 4.98 Å². The number of nitrogen functional groups attached to an aromatic ring is 1. The largest absolute Gasteiger partial charge is 0.507 e. The van der Waals surface area contributed by atoms with E-state index in [2.05, 4.69) is 20.9 Å². The third-order valence-electron chi connectivity index (χ3n) is 2.62. The van der Waals surface area contributed by atoms with Crippen LogP contribution in [0.2, 0.25) is 0 Å². The highest BCUT2D eigenvalue weighted by atomic mass is 79.9. The molecule has 0 amide bonds. The zero-order chi connectivity index (χ0) is 12.7. The Morgan fingerprint density at radius 1 is 1.22 bits per heavy atom. The second-order valence-corrected chi connectivity index (χ2v) is 4.74. The summed E-state index contributed by atoms with van der Waals surface area (Å²) in [6.07, 6.45) is 0. The third kappa shape index (κ3) is 1.73. The van der Waals surface area contributed by atoms with Crippen LogP contribution in [-0.2, 0) is 0 Å². The van der Waals surface area contributed by atoms with E-state index in [-0.39, 0.29) is 5.75 Å². The number of hydrogen-bond donors (Lipinski definition) is 2. The minimum atomic E-state index is 0.0534. The van der Waals surface area contributed by atoms with Crippen molar-refractivity contribution in [3.8, 4) is 17.2 Å². The van der Waals surface area contributed by atoms with Crippen LogP contribution in [0.15, 0.2) is 45.3 Å². The zero-order valence-electron chi connectivity index (χ0n) is 9.22. The van der Waals surface area contributed by atoms with Gasteiger partial charge in [-0.05, 0) is 40.2 Å². The molecule has 18 heavy (non-hydrogen) atoms. The molecule has 3 rings (SSSR count). The van der Waals surface area contributed by atoms with Gasteiger partial charge in [0.25, 0.3) is 0 Å². The first-order valence-corrected chi connectivity index (χ1v) is 6.08. The van der Waals surface area contributed by atoms with Crippen molar-refractivity contribution >= 4 is 32.7 Å². The van der Waals surface area contributed by atoms with E-state index in [9.17, 15) is 5.11 Å². The standard InChI is InChI=1S/C13H9BrN2O2/c14-9-2-1-3-10-12(9)18-13(16-10)8-5-4-7(15)6-11(8)17/h1-6,17H,15H2. The van der Waals surface area contributed by atoms with E-state index in [1.807, 2.05) is 18.2 Å². The summed E-state index contributed by atoms with van der Waals surface area (Å²) in [5.74, 6) is 0.423. The third-order valence-corrected chi connectivity index (χ3v) is 3.24. The van der Waals surface area contributed by atoms with E-state index >= 15 is 0 Å². The predicted molar refractivity (Wildman–Crippen MR) is 73.2 cm³/mol. The quantitative estimate of drug-likeness (QED) is 0.674. The molecule has 3 aromatic rings. The Morgan fingerprint density at radius 3 is 2.78 bits per heavy atom. The number of phenols is 1. The van der Waals surface area contributed by atoms with Crippen LogP contribution in [0.1, 0.15) is 0 Å². The summed E-state index contributed by atoms with van der Waals surface area (Å²) in [6, 6.07) is 10.4. The maximum atomic E-state index is 9.85. The summed E-state index contributed by atoms with van der Waals surface area (Å²) in [4.78, 5) is 4.34. The number of anilines is 1. The molecule has 1 aromatic heterocycles. The van der Waals surface area contributed by atoms with Gasteiger partial charge in [0, 0.05) is 11.8 Å². The highest BCUT2D eigenvalue weighted by Gasteiger charge is 2.13. The molecular weight excluding hydrogens is 296 g/mol. The molecule has 0 fully saturated rings. The summed E-state index contributed by atoms with van der Waals surface area (Å²) in [6.45, 7) is 0. The topological polar surface area (TPSA) is 72.3 Å². The van der Waals surface area contributed by atoms with Crippen LogP contribution in [0.3, 0.4) is 0 Å². The van der Waals surface area contributed by atoms with E-state index in [0.717, 1.165) is 9.99 Å². The Kier molecular flexibility index (Phi) is 2.48. The molecule has 0 atom stereocenters. The summed E-state index contributed by atoms with van der Waals surface area (Å²) in [5, 5.41) is 9.85. The van der Waals surface area contributed by atoms with Crippen LogP contribution in [-0.4, -0.2) is 10.1 Å². The Bertz CT molecular complexity index is 737. The fourth-order valence-corrected chi connectivity index (χ4v) is 2.20. The van der Waals surface area contributed by atoms with Gasteiger partial charge in [-0.1, -0.05) is 6.07 Å². The number of benzene rings is 2. The number of aromatic hydroxyl groups is 1. The summed E-state index contributed by atoms with van der Waals surface area (Å²) < 4.78 is 6.47.